The average molecular weight is 307 g/mol. The molecule has 1 aromatic rings. The van der Waals surface area contributed by atoms with E-state index < -0.39 is 11.6 Å². The topological polar surface area (TPSA) is 29.1 Å². The molecule has 2 aliphatic rings. The Morgan fingerprint density at radius 1 is 1.18 bits per heavy atom. The maximum Gasteiger partial charge on any atom is 0.220 e. The first-order chi connectivity index (χ1) is 10.6. The molecule has 1 amide bonds. The number of amides is 1. The van der Waals surface area contributed by atoms with Crippen molar-refractivity contribution < 1.29 is 13.6 Å². The van der Waals surface area contributed by atoms with Crippen LogP contribution in [0.2, 0.25) is 0 Å². The van der Waals surface area contributed by atoms with Crippen molar-refractivity contribution in [3.05, 3.63) is 35.4 Å². The van der Waals surface area contributed by atoms with Gasteiger partial charge in [-0.25, -0.2) is 8.78 Å². The van der Waals surface area contributed by atoms with Crippen molar-refractivity contribution in [3.63, 3.8) is 0 Å². The number of fused-ring (bicyclic) bond motifs is 1. The van der Waals surface area contributed by atoms with Crippen LogP contribution in [0.1, 0.15) is 44.1 Å². The maximum absolute atomic E-state index is 13.5. The van der Waals surface area contributed by atoms with Gasteiger partial charge in [-0.1, -0.05) is 18.9 Å². The number of benzene rings is 1. The molecular formula is C18H23F2NO. The number of carbonyl (C=O) groups is 1. The van der Waals surface area contributed by atoms with Gasteiger partial charge in [0.15, 0.2) is 0 Å². The van der Waals surface area contributed by atoms with E-state index in [4.69, 9.17) is 0 Å². The molecule has 22 heavy (non-hydrogen) atoms. The van der Waals surface area contributed by atoms with Gasteiger partial charge in [-0.15, -0.1) is 0 Å². The lowest BCUT2D eigenvalue weighted by atomic mass is 9.92. The normalized spacial score (nSPS) is 26.9. The Morgan fingerprint density at radius 3 is 2.86 bits per heavy atom. The fourth-order valence-corrected chi connectivity index (χ4v) is 4.25. The fraction of sp³-hybridized carbons (Fsp3) is 0.611. The van der Waals surface area contributed by atoms with Crippen LogP contribution in [0, 0.1) is 29.4 Å². The Morgan fingerprint density at radius 2 is 2.05 bits per heavy atom. The first kappa shape index (κ1) is 15.4. The quantitative estimate of drug-likeness (QED) is 0.880. The smallest absolute Gasteiger partial charge is 0.220 e. The summed E-state index contributed by atoms with van der Waals surface area (Å²) in [6, 6.07) is 3.51. The Hall–Kier alpha value is -1.45. The highest BCUT2D eigenvalue weighted by molar-refractivity contribution is 5.76. The molecule has 1 N–H and O–H groups in total. The van der Waals surface area contributed by atoms with Crippen molar-refractivity contribution in [2.75, 3.05) is 6.54 Å². The molecule has 4 heteroatoms. The minimum Gasteiger partial charge on any atom is -0.356 e. The predicted octanol–water partition coefficient (Wildman–Crippen LogP) is 3.84. The lowest BCUT2D eigenvalue weighted by Gasteiger charge is -2.19. The molecule has 3 rings (SSSR count). The zero-order valence-electron chi connectivity index (χ0n) is 12.8. The molecule has 0 bridgehead atoms. The molecule has 2 nitrogen and oxygen atoms in total. The molecule has 1 aromatic carbocycles. The van der Waals surface area contributed by atoms with Crippen molar-refractivity contribution in [1.82, 2.24) is 5.32 Å². The van der Waals surface area contributed by atoms with Crippen LogP contribution < -0.4 is 5.32 Å². The molecule has 0 heterocycles. The van der Waals surface area contributed by atoms with Gasteiger partial charge in [0.25, 0.3) is 0 Å². The van der Waals surface area contributed by atoms with Crippen LogP contribution in [0.25, 0.3) is 0 Å². The molecule has 0 saturated heterocycles. The first-order valence-corrected chi connectivity index (χ1v) is 8.34. The molecule has 0 aliphatic heterocycles. The van der Waals surface area contributed by atoms with E-state index in [9.17, 15) is 13.6 Å². The van der Waals surface area contributed by atoms with Crippen LogP contribution in [-0.4, -0.2) is 12.5 Å². The van der Waals surface area contributed by atoms with Gasteiger partial charge < -0.3 is 5.32 Å². The maximum atomic E-state index is 13.5. The molecule has 2 aliphatic carbocycles. The highest BCUT2D eigenvalue weighted by Gasteiger charge is 2.38. The number of hydrogen-bond donors (Lipinski definition) is 1. The third-order valence-corrected chi connectivity index (χ3v) is 5.43. The fourth-order valence-electron chi connectivity index (χ4n) is 4.25. The van der Waals surface area contributed by atoms with Gasteiger partial charge in [0.2, 0.25) is 5.91 Å². The number of rotatable bonds is 5. The Kier molecular flexibility index (Phi) is 4.74. The lowest BCUT2D eigenvalue weighted by Crippen LogP contribution is -2.31. The summed E-state index contributed by atoms with van der Waals surface area (Å²) in [6.07, 6.45) is 7.11. The van der Waals surface area contributed by atoms with Crippen molar-refractivity contribution in [2.24, 2.45) is 17.8 Å². The third kappa shape index (κ3) is 3.47. The number of hydrogen-bond acceptors (Lipinski definition) is 1. The largest absolute Gasteiger partial charge is 0.356 e. The van der Waals surface area contributed by atoms with Gasteiger partial charge in [-0.2, -0.15) is 0 Å². The number of halogens is 2. The summed E-state index contributed by atoms with van der Waals surface area (Å²) in [6.45, 7) is 0.756. The van der Waals surface area contributed by atoms with Gasteiger partial charge in [0.1, 0.15) is 11.6 Å². The van der Waals surface area contributed by atoms with Gasteiger partial charge in [0, 0.05) is 19.0 Å². The molecule has 0 radical (unpaired) electrons. The molecule has 0 spiro atoms. The van der Waals surface area contributed by atoms with Crippen LogP contribution in [0.5, 0.6) is 0 Å². The zero-order valence-corrected chi connectivity index (χ0v) is 12.8. The zero-order chi connectivity index (χ0) is 15.5. The van der Waals surface area contributed by atoms with E-state index in [1.165, 1.54) is 44.2 Å². The highest BCUT2D eigenvalue weighted by atomic mass is 19.1. The van der Waals surface area contributed by atoms with Crippen molar-refractivity contribution in [2.45, 2.75) is 44.9 Å². The Labute approximate surface area is 130 Å². The second kappa shape index (κ2) is 6.76. The number of carbonyl (C=O) groups excluding carboxylic acids is 1. The molecule has 0 unspecified atom stereocenters. The summed E-state index contributed by atoms with van der Waals surface area (Å²) in [5, 5.41) is 3.00. The van der Waals surface area contributed by atoms with E-state index in [1.54, 1.807) is 0 Å². The first-order valence-electron chi connectivity index (χ1n) is 8.34. The van der Waals surface area contributed by atoms with Gasteiger partial charge in [-0.05, 0) is 55.1 Å². The second-order valence-electron chi connectivity index (χ2n) is 6.73. The summed E-state index contributed by atoms with van der Waals surface area (Å²) in [5.41, 5.74) is 0.397. The van der Waals surface area contributed by atoms with E-state index >= 15 is 0 Å². The summed E-state index contributed by atoms with van der Waals surface area (Å²) >= 11 is 0. The van der Waals surface area contributed by atoms with E-state index in [0.29, 0.717) is 17.9 Å². The Bertz CT molecular complexity index is 546. The minimum absolute atomic E-state index is 0.0369. The van der Waals surface area contributed by atoms with Crippen LogP contribution >= 0.6 is 0 Å². The molecular weight excluding hydrogens is 284 g/mol. The molecule has 120 valence electrons. The minimum atomic E-state index is -0.585. The molecule has 2 saturated carbocycles. The van der Waals surface area contributed by atoms with Gasteiger partial charge in [-0.3, -0.25) is 4.79 Å². The van der Waals surface area contributed by atoms with Gasteiger partial charge >= 0.3 is 0 Å². The van der Waals surface area contributed by atoms with Crippen LogP contribution in [0.4, 0.5) is 8.78 Å². The molecule has 2 fully saturated rings. The number of aryl methyl sites for hydroxylation is 1. The average Bonchev–Trinajstić information content (AvgIpc) is 3.07. The summed E-state index contributed by atoms with van der Waals surface area (Å²) in [5.74, 6) is 1.12. The van der Waals surface area contributed by atoms with E-state index in [0.717, 1.165) is 24.4 Å². The van der Waals surface area contributed by atoms with Crippen molar-refractivity contribution in [3.8, 4) is 0 Å². The summed E-state index contributed by atoms with van der Waals surface area (Å²) < 4.78 is 26.3. The highest BCUT2D eigenvalue weighted by Crippen LogP contribution is 2.47. The van der Waals surface area contributed by atoms with E-state index in [1.807, 2.05) is 0 Å². The van der Waals surface area contributed by atoms with E-state index in [2.05, 4.69) is 5.32 Å². The lowest BCUT2D eigenvalue weighted by molar-refractivity contribution is -0.121. The van der Waals surface area contributed by atoms with Crippen molar-refractivity contribution >= 4 is 5.91 Å². The third-order valence-electron chi connectivity index (χ3n) is 5.43. The predicted molar refractivity (Wildman–Crippen MR) is 81.2 cm³/mol. The van der Waals surface area contributed by atoms with Crippen LogP contribution in [0.3, 0.4) is 0 Å². The van der Waals surface area contributed by atoms with Crippen LogP contribution in [0.15, 0.2) is 18.2 Å². The number of nitrogens with one attached hydrogen (secondary N) is 1. The monoisotopic (exact) mass is 307 g/mol. The Balaban J connectivity index is 1.43. The standard InChI is InChI=1S/C18H23F2NO/c19-15-8-6-13(17(20)10-15)7-9-18(22)21-11-14-5-4-12-2-1-3-16(12)14/h6,8,10,12,14,16H,1-5,7,9,11H2,(H,21,22)/t12-,14+,16-/m0/s1. The van der Waals surface area contributed by atoms with Gasteiger partial charge in [0.05, 0.1) is 0 Å². The van der Waals surface area contributed by atoms with Crippen LogP contribution in [-0.2, 0) is 11.2 Å². The SMILES string of the molecule is O=C(CCc1ccc(F)cc1F)NC[C@H]1CC[C@@H]2CCC[C@@H]21. The van der Waals surface area contributed by atoms with Crippen molar-refractivity contribution in [1.29, 1.82) is 0 Å². The second-order valence-corrected chi connectivity index (χ2v) is 6.73. The van der Waals surface area contributed by atoms with E-state index in [-0.39, 0.29) is 12.3 Å². The molecule has 3 atom stereocenters. The summed E-state index contributed by atoms with van der Waals surface area (Å²) in [4.78, 5) is 11.9. The molecule has 0 aromatic heterocycles. The summed E-state index contributed by atoms with van der Waals surface area (Å²) in [7, 11) is 0.